The maximum Gasteiger partial charge on any atom is 0.336 e. The molecule has 2 heterocycles. The zero-order chi connectivity index (χ0) is 18.3. The zero-order valence-electron chi connectivity index (χ0n) is 15.2. The van der Waals surface area contributed by atoms with E-state index < -0.39 is 0 Å². The Morgan fingerprint density at radius 1 is 1.35 bits per heavy atom. The first-order chi connectivity index (χ1) is 12.6. The predicted octanol–water partition coefficient (Wildman–Crippen LogP) is 2.91. The highest BCUT2D eigenvalue weighted by Gasteiger charge is 2.34. The van der Waals surface area contributed by atoms with Crippen LogP contribution in [-0.4, -0.2) is 30.2 Å². The van der Waals surface area contributed by atoms with Crippen molar-refractivity contribution in [1.29, 1.82) is 0 Å². The highest BCUT2D eigenvalue weighted by molar-refractivity contribution is 5.86. The monoisotopic (exact) mass is 357 g/mol. The number of benzene rings is 1. The fourth-order valence-corrected chi connectivity index (χ4v) is 3.61. The van der Waals surface area contributed by atoms with Gasteiger partial charge in [0.15, 0.2) is 0 Å². The van der Waals surface area contributed by atoms with E-state index in [4.69, 9.17) is 13.9 Å². The summed E-state index contributed by atoms with van der Waals surface area (Å²) in [5.41, 5.74) is 3.02. The van der Waals surface area contributed by atoms with Gasteiger partial charge in [-0.3, -0.25) is 9.69 Å². The molecule has 1 fully saturated rings. The van der Waals surface area contributed by atoms with E-state index in [1.165, 1.54) is 18.9 Å². The summed E-state index contributed by atoms with van der Waals surface area (Å²) in [5.74, 6) is 0.542. The van der Waals surface area contributed by atoms with E-state index >= 15 is 0 Å². The third kappa shape index (κ3) is 3.21. The van der Waals surface area contributed by atoms with Crippen LogP contribution in [0, 0.1) is 6.92 Å². The maximum absolute atomic E-state index is 11.9. The lowest BCUT2D eigenvalue weighted by Crippen LogP contribution is -2.34. The lowest BCUT2D eigenvalue weighted by molar-refractivity contribution is -0.143. The SMILES string of the molecule is CCOC(=O)CCc1cc2c(C)cc(=O)oc2c2c1OCN(C1CC1)C2. The molecule has 2 aromatic rings. The van der Waals surface area contributed by atoms with Crippen molar-refractivity contribution >= 4 is 16.9 Å². The van der Waals surface area contributed by atoms with E-state index in [9.17, 15) is 9.59 Å². The second kappa shape index (κ2) is 6.76. The number of aryl methyl sites for hydroxylation is 2. The van der Waals surface area contributed by atoms with Crippen molar-refractivity contribution in [2.45, 2.75) is 52.1 Å². The Balaban J connectivity index is 1.77. The Hall–Kier alpha value is -2.34. The Morgan fingerprint density at radius 3 is 2.88 bits per heavy atom. The fourth-order valence-electron chi connectivity index (χ4n) is 3.61. The van der Waals surface area contributed by atoms with E-state index in [2.05, 4.69) is 4.90 Å². The zero-order valence-corrected chi connectivity index (χ0v) is 15.2. The summed E-state index contributed by atoms with van der Waals surface area (Å²) < 4.78 is 16.7. The Morgan fingerprint density at radius 2 is 2.15 bits per heavy atom. The van der Waals surface area contributed by atoms with Gasteiger partial charge in [-0.1, -0.05) is 0 Å². The topological polar surface area (TPSA) is 69.0 Å². The normalized spacial score (nSPS) is 17.0. The van der Waals surface area contributed by atoms with Gasteiger partial charge in [0.05, 0.1) is 12.2 Å². The molecule has 0 amide bonds. The summed E-state index contributed by atoms with van der Waals surface area (Å²) in [4.78, 5) is 26.0. The number of hydrogen-bond donors (Lipinski definition) is 0. The first-order valence-corrected chi connectivity index (χ1v) is 9.18. The molecule has 1 aromatic heterocycles. The number of nitrogens with zero attached hydrogens (tertiary/aromatic N) is 1. The second-order valence-electron chi connectivity index (χ2n) is 7.03. The van der Waals surface area contributed by atoms with Gasteiger partial charge in [0, 0.05) is 30.5 Å². The molecular formula is C20H23NO5. The van der Waals surface area contributed by atoms with Crippen LogP contribution < -0.4 is 10.4 Å². The highest BCUT2D eigenvalue weighted by atomic mass is 16.5. The second-order valence-corrected chi connectivity index (χ2v) is 7.03. The van der Waals surface area contributed by atoms with Gasteiger partial charge in [0.25, 0.3) is 0 Å². The molecule has 6 heteroatoms. The summed E-state index contributed by atoms with van der Waals surface area (Å²) in [6.07, 6.45) is 3.21. The van der Waals surface area contributed by atoms with Crippen LogP contribution in [0.5, 0.6) is 5.75 Å². The molecule has 0 spiro atoms. The molecule has 1 aliphatic heterocycles. The lowest BCUT2D eigenvalue weighted by Gasteiger charge is -2.31. The first-order valence-electron chi connectivity index (χ1n) is 9.18. The molecule has 0 atom stereocenters. The van der Waals surface area contributed by atoms with Crippen molar-refractivity contribution in [2.24, 2.45) is 0 Å². The van der Waals surface area contributed by atoms with Gasteiger partial charge >= 0.3 is 11.6 Å². The van der Waals surface area contributed by atoms with Gasteiger partial charge in [-0.15, -0.1) is 0 Å². The van der Waals surface area contributed by atoms with Crippen LogP contribution in [0.2, 0.25) is 0 Å². The number of ether oxygens (including phenoxy) is 2. The minimum atomic E-state index is -0.347. The van der Waals surface area contributed by atoms with Crippen LogP contribution in [-0.2, 0) is 22.5 Å². The highest BCUT2D eigenvalue weighted by Crippen LogP contribution is 2.40. The molecule has 0 radical (unpaired) electrons. The van der Waals surface area contributed by atoms with E-state index in [0.29, 0.717) is 44.3 Å². The Bertz CT molecular complexity index is 913. The molecule has 2 aliphatic rings. The molecule has 1 aromatic carbocycles. The van der Waals surface area contributed by atoms with E-state index in [1.54, 1.807) is 6.92 Å². The Kier molecular flexibility index (Phi) is 4.44. The third-order valence-electron chi connectivity index (χ3n) is 5.07. The molecule has 4 rings (SSSR count). The summed E-state index contributed by atoms with van der Waals surface area (Å²) in [5, 5.41) is 0.906. The van der Waals surface area contributed by atoms with Crippen LogP contribution in [0.1, 0.15) is 42.9 Å². The molecule has 1 saturated carbocycles. The number of esters is 1. The Labute approximate surface area is 151 Å². The standard InChI is InChI=1S/C20H23NO5/c1-3-24-17(22)7-4-13-9-15-12(2)8-18(23)26-20(15)16-10-21(14-5-6-14)11-25-19(13)16/h8-9,14H,3-7,10-11H2,1-2H3. The average Bonchev–Trinajstić information content (AvgIpc) is 3.45. The van der Waals surface area contributed by atoms with Crippen molar-refractivity contribution in [3.63, 3.8) is 0 Å². The molecule has 26 heavy (non-hydrogen) atoms. The van der Waals surface area contributed by atoms with E-state index in [1.807, 2.05) is 13.0 Å². The minimum absolute atomic E-state index is 0.215. The van der Waals surface area contributed by atoms with Crippen molar-refractivity contribution in [3.8, 4) is 5.75 Å². The van der Waals surface area contributed by atoms with Gasteiger partial charge in [-0.05, 0) is 50.3 Å². The van der Waals surface area contributed by atoms with Crippen molar-refractivity contribution in [3.05, 3.63) is 39.2 Å². The number of carbonyl (C=O) groups is 1. The molecule has 0 N–H and O–H groups in total. The first kappa shape index (κ1) is 17.1. The summed E-state index contributed by atoms with van der Waals surface area (Å²) in [7, 11) is 0. The van der Waals surface area contributed by atoms with Crippen LogP contribution in [0.4, 0.5) is 0 Å². The van der Waals surface area contributed by atoms with Crippen molar-refractivity contribution < 1.29 is 18.7 Å². The lowest BCUT2D eigenvalue weighted by atomic mass is 9.97. The molecule has 6 nitrogen and oxygen atoms in total. The van der Waals surface area contributed by atoms with Gasteiger partial charge in [0.2, 0.25) is 0 Å². The largest absolute Gasteiger partial charge is 0.477 e. The maximum atomic E-state index is 11.9. The number of rotatable bonds is 5. The number of hydrogen-bond acceptors (Lipinski definition) is 6. The summed E-state index contributed by atoms with van der Waals surface area (Å²) in [6, 6.07) is 4.04. The van der Waals surface area contributed by atoms with E-state index in [0.717, 1.165) is 27.8 Å². The number of carbonyl (C=O) groups excluding carboxylic acids is 1. The predicted molar refractivity (Wildman–Crippen MR) is 96.2 cm³/mol. The van der Waals surface area contributed by atoms with Gasteiger partial charge in [-0.25, -0.2) is 4.79 Å². The van der Waals surface area contributed by atoms with Crippen LogP contribution in [0.3, 0.4) is 0 Å². The van der Waals surface area contributed by atoms with Gasteiger partial charge < -0.3 is 13.9 Å². The summed E-state index contributed by atoms with van der Waals surface area (Å²) >= 11 is 0. The quantitative estimate of drug-likeness (QED) is 0.605. The molecule has 138 valence electrons. The molecule has 0 saturated heterocycles. The van der Waals surface area contributed by atoms with Crippen molar-refractivity contribution in [1.82, 2.24) is 4.90 Å². The minimum Gasteiger partial charge on any atom is -0.477 e. The van der Waals surface area contributed by atoms with Crippen LogP contribution in [0.15, 0.2) is 21.3 Å². The van der Waals surface area contributed by atoms with Crippen molar-refractivity contribution in [2.75, 3.05) is 13.3 Å². The van der Waals surface area contributed by atoms with Gasteiger partial charge in [0.1, 0.15) is 18.1 Å². The average molecular weight is 357 g/mol. The number of fused-ring (bicyclic) bond motifs is 3. The van der Waals surface area contributed by atoms with Crippen LogP contribution >= 0.6 is 0 Å². The molecule has 0 unspecified atom stereocenters. The molecular weight excluding hydrogens is 334 g/mol. The third-order valence-corrected chi connectivity index (χ3v) is 5.07. The van der Waals surface area contributed by atoms with Gasteiger partial charge in [-0.2, -0.15) is 0 Å². The smallest absolute Gasteiger partial charge is 0.336 e. The van der Waals surface area contributed by atoms with Crippen LogP contribution in [0.25, 0.3) is 11.0 Å². The molecule has 1 aliphatic carbocycles. The fraction of sp³-hybridized carbons (Fsp3) is 0.500. The molecule has 0 bridgehead atoms. The summed E-state index contributed by atoms with van der Waals surface area (Å²) in [6.45, 7) is 5.33. The van der Waals surface area contributed by atoms with E-state index in [-0.39, 0.29) is 11.6 Å².